The molecule has 2 heterocycles. The van der Waals surface area contributed by atoms with E-state index in [4.69, 9.17) is 4.42 Å². The summed E-state index contributed by atoms with van der Waals surface area (Å²) >= 11 is 0.968. The van der Waals surface area contributed by atoms with Crippen LogP contribution in [0.2, 0.25) is 0 Å². The Kier molecular flexibility index (Phi) is 6.57. The lowest BCUT2D eigenvalue weighted by atomic mass is 9.84. The maximum atomic E-state index is 13.0. The molecule has 1 aliphatic heterocycles. The molecule has 1 unspecified atom stereocenters. The Labute approximate surface area is 211 Å². The zero-order valence-corrected chi connectivity index (χ0v) is 20.6. The fraction of sp³-hybridized carbons (Fsp3) is 0.333. The highest BCUT2D eigenvalue weighted by molar-refractivity contribution is 8.15. The molecule has 36 heavy (non-hydrogen) atoms. The van der Waals surface area contributed by atoms with Gasteiger partial charge in [-0.1, -0.05) is 37.2 Å². The first-order valence-corrected chi connectivity index (χ1v) is 13.0. The van der Waals surface area contributed by atoms with Crippen molar-refractivity contribution in [3.05, 3.63) is 68.6 Å². The highest BCUT2D eigenvalue weighted by Crippen LogP contribution is 2.39. The van der Waals surface area contributed by atoms with Crippen LogP contribution in [0.1, 0.15) is 59.0 Å². The van der Waals surface area contributed by atoms with Gasteiger partial charge in [-0.05, 0) is 72.9 Å². The molecule has 1 aliphatic carbocycles. The molecule has 186 valence electrons. The fourth-order valence-corrected chi connectivity index (χ4v) is 5.86. The molecule has 5 rings (SSSR count). The van der Waals surface area contributed by atoms with E-state index in [1.807, 2.05) is 6.92 Å². The number of benzene rings is 2. The quantitative estimate of drug-likeness (QED) is 0.450. The van der Waals surface area contributed by atoms with Crippen molar-refractivity contribution in [3.8, 4) is 5.75 Å². The van der Waals surface area contributed by atoms with Crippen LogP contribution < -0.4 is 16.1 Å². The van der Waals surface area contributed by atoms with Gasteiger partial charge in [0.2, 0.25) is 5.91 Å². The van der Waals surface area contributed by atoms with Crippen LogP contribution in [0, 0.1) is 0 Å². The van der Waals surface area contributed by atoms with Gasteiger partial charge in [-0.2, -0.15) is 0 Å². The number of nitrogens with one attached hydrogen (secondary N) is 2. The van der Waals surface area contributed by atoms with Crippen molar-refractivity contribution in [3.63, 3.8) is 0 Å². The third-order valence-electron chi connectivity index (χ3n) is 6.70. The van der Waals surface area contributed by atoms with Crippen molar-refractivity contribution in [2.24, 2.45) is 0 Å². The number of fused-ring (bicyclic) bond motifs is 2. The number of aromatic hydroxyl groups is 1. The van der Waals surface area contributed by atoms with Gasteiger partial charge in [0, 0.05) is 11.8 Å². The average molecular weight is 507 g/mol. The van der Waals surface area contributed by atoms with Crippen LogP contribution in [-0.4, -0.2) is 27.4 Å². The zero-order chi connectivity index (χ0) is 25.4. The molecule has 3 aromatic rings. The molecule has 0 bridgehead atoms. The lowest BCUT2D eigenvalue weighted by Crippen LogP contribution is -2.25. The van der Waals surface area contributed by atoms with Gasteiger partial charge in [-0.3, -0.25) is 24.5 Å². The number of hydrogen-bond acceptors (Lipinski definition) is 7. The van der Waals surface area contributed by atoms with E-state index in [-0.39, 0.29) is 28.0 Å². The van der Waals surface area contributed by atoms with Crippen LogP contribution >= 0.6 is 11.8 Å². The second-order valence-electron chi connectivity index (χ2n) is 9.16. The van der Waals surface area contributed by atoms with Crippen molar-refractivity contribution < 1.29 is 23.9 Å². The predicted octanol–water partition coefficient (Wildman–Crippen LogP) is 4.48. The monoisotopic (exact) mass is 506 g/mol. The average Bonchev–Trinajstić information content (AvgIpc) is 3.18. The molecule has 8 nitrogen and oxygen atoms in total. The molecule has 3 amide bonds. The summed E-state index contributed by atoms with van der Waals surface area (Å²) in [6, 6.07) is 8.05. The summed E-state index contributed by atoms with van der Waals surface area (Å²) in [5.41, 5.74) is 3.97. The molecule has 9 heteroatoms. The lowest BCUT2D eigenvalue weighted by molar-refractivity contribution is -0.118. The van der Waals surface area contributed by atoms with Crippen molar-refractivity contribution in [1.29, 1.82) is 0 Å². The van der Waals surface area contributed by atoms with Crippen LogP contribution in [0.3, 0.4) is 0 Å². The number of amides is 3. The summed E-state index contributed by atoms with van der Waals surface area (Å²) in [5.74, 6) is -1.02. The second kappa shape index (κ2) is 9.81. The third kappa shape index (κ3) is 4.51. The standard InChI is InChI=1S/C27H26N2O6S/c1-2-5-18-16-6-3-4-7-17(16)23(31)22-19(30)13-20(35-24(18)22)25(32)28-15-10-8-14(9-11-15)12-21-26(33)29-27(34)36-21/h8-11,13,21,31H,2-7,12H2,1H3,(H,28,32)(H,29,33,34). The van der Waals surface area contributed by atoms with Crippen molar-refractivity contribution in [2.45, 2.75) is 57.1 Å². The Morgan fingerprint density at radius 3 is 2.53 bits per heavy atom. The number of imide groups is 1. The van der Waals surface area contributed by atoms with Gasteiger partial charge in [-0.15, -0.1) is 0 Å². The van der Waals surface area contributed by atoms with Crippen LogP contribution in [0.15, 0.2) is 39.5 Å². The molecular weight excluding hydrogens is 480 g/mol. The summed E-state index contributed by atoms with van der Waals surface area (Å²) < 4.78 is 5.99. The van der Waals surface area contributed by atoms with E-state index in [1.54, 1.807) is 24.3 Å². The molecule has 2 aromatic carbocycles. The van der Waals surface area contributed by atoms with Gasteiger partial charge in [0.05, 0.1) is 5.25 Å². The van der Waals surface area contributed by atoms with Crippen molar-refractivity contribution in [2.75, 3.05) is 5.32 Å². The number of phenols is 1. The highest BCUT2D eigenvalue weighted by Gasteiger charge is 2.31. The number of hydrogen-bond donors (Lipinski definition) is 3. The number of rotatable bonds is 6. The van der Waals surface area contributed by atoms with Crippen LogP contribution in [-0.2, 0) is 30.5 Å². The summed E-state index contributed by atoms with van der Waals surface area (Å²) in [4.78, 5) is 49.2. The normalized spacial score (nSPS) is 17.2. The molecule has 2 aliphatic rings. The summed E-state index contributed by atoms with van der Waals surface area (Å²) in [6.07, 6.45) is 5.44. The highest BCUT2D eigenvalue weighted by atomic mass is 32.2. The van der Waals surface area contributed by atoms with Crippen LogP contribution in [0.4, 0.5) is 10.5 Å². The van der Waals surface area contributed by atoms with E-state index in [9.17, 15) is 24.3 Å². The first-order valence-electron chi connectivity index (χ1n) is 12.1. The summed E-state index contributed by atoms with van der Waals surface area (Å²) in [7, 11) is 0. The summed E-state index contributed by atoms with van der Waals surface area (Å²) in [6.45, 7) is 2.04. The largest absolute Gasteiger partial charge is 0.507 e. The Hall–Kier alpha value is -3.59. The molecule has 1 atom stereocenters. The number of carbonyl (C=O) groups is 3. The van der Waals surface area contributed by atoms with E-state index in [0.717, 1.165) is 72.2 Å². The van der Waals surface area contributed by atoms with Gasteiger partial charge in [0.15, 0.2) is 11.2 Å². The number of carbonyl (C=O) groups excluding carboxylic acids is 3. The van der Waals surface area contributed by atoms with E-state index < -0.39 is 16.6 Å². The fourth-order valence-electron chi connectivity index (χ4n) is 5.00. The number of phenolic OH excluding ortho intramolecular Hbond substituents is 1. The molecule has 0 spiro atoms. The minimum absolute atomic E-state index is 0.0216. The van der Waals surface area contributed by atoms with Gasteiger partial charge in [0.25, 0.3) is 11.1 Å². The Morgan fingerprint density at radius 1 is 1.14 bits per heavy atom. The molecule has 1 fully saturated rings. The molecule has 1 aromatic heterocycles. The zero-order valence-electron chi connectivity index (χ0n) is 19.8. The Balaban J connectivity index is 1.42. The first-order chi connectivity index (χ1) is 17.4. The maximum absolute atomic E-state index is 13.0. The van der Waals surface area contributed by atoms with Gasteiger partial charge in [0.1, 0.15) is 16.7 Å². The molecule has 0 saturated carbocycles. The smallest absolute Gasteiger partial charge is 0.291 e. The minimum Gasteiger partial charge on any atom is -0.507 e. The van der Waals surface area contributed by atoms with E-state index >= 15 is 0 Å². The molecule has 3 N–H and O–H groups in total. The Morgan fingerprint density at radius 2 is 1.86 bits per heavy atom. The van der Waals surface area contributed by atoms with Gasteiger partial charge >= 0.3 is 0 Å². The topological polar surface area (TPSA) is 126 Å². The SMILES string of the molecule is CCCc1c2c(c(O)c3c(=O)cc(C(=O)Nc4ccc(CC5SC(=O)NC5=O)cc4)oc13)CCCC2. The minimum atomic E-state index is -0.572. The molecule has 1 saturated heterocycles. The van der Waals surface area contributed by atoms with E-state index in [0.29, 0.717) is 24.1 Å². The lowest BCUT2D eigenvalue weighted by Gasteiger charge is -2.22. The first kappa shape index (κ1) is 24.1. The van der Waals surface area contributed by atoms with Crippen molar-refractivity contribution >= 4 is 45.5 Å². The number of anilines is 1. The van der Waals surface area contributed by atoms with E-state index in [1.165, 1.54) is 0 Å². The number of thioether (sulfide) groups is 1. The maximum Gasteiger partial charge on any atom is 0.291 e. The molecular formula is C27H26N2O6S. The summed E-state index contributed by atoms with van der Waals surface area (Å²) in [5, 5.41) is 15.2. The van der Waals surface area contributed by atoms with Gasteiger partial charge < -0.3 is 14.8 Å². The van der Waals surface area contributed by atoms with E-state index in [2.05, 4.69) is 10.6 Å². The number of aryl methyl sites for hydroxylation is 1. The third-order valence-corrected chi connectivity index (χ3v) is 7.68. The van der Waals surface area contributed by atoms with Crippen molar-refractivity contribution in [1.82, 2.24) is 5.32 Å². The van der Waals surface area contributed by atoms with Gasteiger partial charge in [-0.25, -0.2) is 0 Å². The second-order valence-corrected chi connectivity index (χ2v) is 10.3. The van der Waals surface area contributed by atoms with Crippen LogP contribution in [0.5, 0.6) is 5.75 Å². The van der Waals surface area contributed by atoms with Crippen LogP contribution in [0.25, 0.3) is 11.0 Å². The predicted molar refractivity (Wildman–Crippen MR) is 138 cm³/mol. The Bertz CT molecular complexity index is 1440. The molecule has 0 radical (unpaired) electrons.